The van der Waals surface area contributed by atoms with Gasteiger partial charge in [-0.25, -0.2) is 0 Å². The molecule has 5 nitrogen and oxygen atoms in total. The average molecular weight is 236 g/mol. The molecular weight excluding hydrogens is 220 g/mol. The Morgan fingerprint density at radius 3 is 2.82 bits per heavy atom. The van der Waals surface area contributed by atoms with E-state index in [0.29, 0.717) is 5.76 Å². The number of carbonyl (C=O) groups excluding carboxylic acids is 1. The van der Waals surface area contributed by atoms with Crippen LogP contribution in [0.25, 0.3) is 0 Å². The van der Waals surface area contributed by atoms with Crippen molar-refractivity contribution in [3.63, 3.8) is 0 Å². The van der Waals surface area contributed by atoms with Crippen LogP contribution in [0.15, 0.2) is 16.8 Å². The summed E-state index contributed by atoms with van der Waals surface area (Å²) >= 11 is 0. The van der Waals surface area contributed by atoms with Crippen LogP contribution < -0.4 is 5.32 Å². The Balaban J connectivity index is 1.64. The first-order chi connectivity index (χ1) is 8.30. The van der Waals surface area contributed by atoms with Crippen LogP contribution in [0, 0.1) is 5.41 Å². The molecule has 1 aliphatic heterocycles. The summed E-state index contributed by atoms with van der Waals surface area (Å²) in [4.78, 5) is 11.9. The molecule has 92 valence electrons. The van der Waals surface area contributed by atoms with Crippen LogP contribution in [0.2, 0.25) is 0 Å². The summed E-state index contributed by atoms with van der Waals surface area (Å²) in [5.74, 6) is 0.136. The topological polar surface area (TPSA) is 64.4 Å². The van der Waals surface area contributed by atoms with Crippen LogP contribution in [0.5, 0.6) is 0 Å². The lowest BCUT2D eigenvalue weighted by Gasteiger charge is -2.51. The van der Waals surface area contributed by atoms with Gasteiger partial charge >= 0.3 is 0 Å². The van der Waals surface area contributed by atoms with Crippen LogP contribution in [0.4, 0.5) is 0 Å². The van der Waals surface area contributed by atoms with Gasteiger partial charge in [0.05, 0.1) is 6.20 Å². The minimum absolute atomic E-state index is 0.155. The molecule has 3 rings (SSSR count). The monoisotopic (exact) mass is 236 g/mol. The molecule has 1 saturated heterocycles. The van der Waals surface area contributed by atoms with Gasteiger partial charge in [-0.05, 0) is 31.1 Å². The second-order valence-corrected chi connectivity index (χ2v) is 4.92. The summed E-state index contributed by atoms with van der Waals surface area (Å²) in [6.07, 6.45) is 5.83. The van der Waals surface area contributed by atoms with Gasteiger partial charge < -0.3 is 14.6 Å². The van der Waals surface area contributed by atoms with Crippen molar-refractivity contribution in [3.8, 4) is 0 Å². The molecule has 1 aromatic heterocycles. The van der Waals surface area contributed by atoms with Crippen LogP contribution in [0.3, 0.4) is 0 Å². The number of nitrogens with one attached hydrogen (secondary N) is 1. The molecular formula is C12H16N2O3. The van der Waals surface area contributed by atoms with E-state index in [2.05, 4.69) is 10.5 Å². The molecule has 1 unspecified atom stereocenters. The molecule has 0 radical (unpaired) electrons. The Hall–Kier alpha value is -1.36. The van der Waals surface area contributed by atoms with Gasteiger partial charge in [-0.1, -0.05) is 5.16 Å². The molecule has 0 aromatic carbocycles. The smallest absolute Gasteiger partial charge is 0.290 e. The first-order valence-corrected chi connectivity index (χ1v) is 6.09. The molecule has 1 aromatic rings. The first kappa shape index (κ1) is 10.8. The Labute approximate surface area is 99.5 Å². The lowest BCUT2D eigenvalue weighted by Crippen LogP contribution is -2.57. The van der Waals surface area contributed by atoms with E-state index in [-0.39, 0.29) is 17.4 Å². The quantitative estimate of drug-likeness (QED) is 0.842. The Morgan fingerprint density at radius 1 is 1.41 bits per heavy atom. The highest BCUT2D eigenvalue weighted by Gasteiger charge is 2.48. The molecule has 2 fully saturated rings. The van der Waals surface area contributed by atoms with Gasteiger partial charge in [-0.15, -0.1) is 0 Å². The van der Waals surface area contributed by atoms with E-state index in [1.165, 1.54) is 12.6 Å². The highest BCUT2D eigenvalue weighted by atomic mass is 16.5. The minimum Gasteiger partial charge on any atom is -0.381 e. The standard InChI is InChI=1S/C12H16N2O3/c15-11(9-2-6-13-17-9)14-10-1-3-12(10)4-7-16-8-5-12/h2,6,10H,1,3-5,7-8H2,(H,14,15). The third-order valence-electron chi connectivity index (χ3n) is 4.13. The van der Waals surface area contributed by atoms with Crippen molar-refractivity contribution in [2.45, 2.75) is 31.7 Å². The van der Waals surface area contributed by atoms with Gasteiger partial charge in [0.2, 0.25) is 5.76 Å². The maximum Gasteiger partial charge on any atom is 0.290 e. The van der Waals surface area contributed by atoms with E-state index >= 15 is 0 Å². The molecule has 1 atom stereocenters. The van der Waals surface area contributed by atoms with Crippen molar-refractivity contribution >= 4 is 5.91 Å². The molecule has 1 aliphatic carbocycles. The summed E-state index contributed by atoms with van der Waals surface area (Å²) in [5, 5.41) is 6.59. The highest BCUT2D eigenvalue weighted by Crippen LogP contribution is 2.48. The van der Waals surface area contributed by atoms with E-state index in [1.54, 1.807) is 6.07 Å². The molecule has 2 heterocycles. The van der Waals surface area contributed by atoms with Gasteiger partial charge in [0.15, 0.2) is 0 Å². The van der Waals surface area contributed by atoms with Gasteiger partial charge in [0.25, 0.3) is 5.91 Å². The summed E-state index contributed by atoms with van der Waals surface area (Å²) in [6.45, 7) is 1.63. The fraction of sp³-hybridized carbons (Fsp3) is 0.667. The fourth-order valence-electron chi connectivity index (χ4n) is 2.86. The largest absolute Gasteiger partial charge is 0.381 e. The molecule has 5 heteroatoms. The normalized spacial score (nSPS) is 26.5. The maximum absolute atomic E-state index is 11.9. The van der Waals surface area contributed by atoms with Crippen LogP contribution in [-0.2, 0) is 4.74 Å². The van der Waals surface area contributed by atoms with Gasteiger partial charge in [0.1, 0.15) is 0 Å². The Kier molecular flexibility index (Phi) is 2.63. The van der Waals surface area contributed by atoms with E-state index in [4.69, 9.17) is 9.26 Å². The third kappa shape index (κ3) is 1.84. The van der Waals surface area contributed by atoms with Crippen molar-refractivity contribution in [1.29, 1.82) is 0 Å². The number of hydrogen-bond acceptors (Lipinski definition) is 4. The number of aromatic nitrogens is 1. The predicted octanol–water partition coefficient (Wildman–Crippen LogP) is 1.36. The van der Waals surface area contributed by atoms with E-state index < -0.39 is 0 Å². The minimum atomic E-state index is -0.155. The molecule has 0 bridgehead atoms. The first-order valence-electron chi connectivity index (χ1n) is 6.09. The number of hydrogen-bond donors (Lipinski definition) is 1. The van der Waals surface area contributed by atoms with Crippen molar-refractivity contribution in [2.24, 2.45) is 5.41 Å². The summed E-state index contributed by atoms with van der Waals surface area (Å²) in [7, 11) is 0. The van der Waals surface area contributed by atoms with Gasteiger partial charge in [-0.3, -0.25) is 4.79 Å². The van der Waals surface area contributed by atoms with Gasteiger partial charge in [-0.2, -0.15) is 0 Å². The van der Waals surface area contributed by atoms with E-state index in [1.807, 2.05) is 0 Å². The van der Waals surface area contributed by atoms with Crippen LogP contribution >= 0.6 is 0 Å². The zero-order chi connectivity index (χ0) is 11.7. The molecule has 17 heavy (non-hydrogen) atoms. The number of ether oxygens (including phenoxy) is 1. The number of carbonyl (C=O) groups is 1. The van der Waals surface area contributed by atoms with Crippen molar-refractivity contribution < 1.29 is 14.1 Å². The van der Waals surface area contributed by atoms with Crippen molar-refractivity contribution in [1.82, 2.24) is 10.5 Å². The van der Waals surface area contributed by atoms with Gasteiger partial charge in [0, 0.05) is 25.3 Å². The van der Waals surface area contributed by atoms with Crippen LogP contribution in [0.1, 0.15) is 36.2 Å². The second kappa shape index (κ2) is 4.14. The maximum atomic E-state index is 11.9. The Bertz CT molecular complexity index is 396. The zero-order valence-electron chi connectivity index (χ0n) is 9.65. The van der Waals surface area contributed by atoms with Crippen molar-refractivity contribution in [2.75, 3.05) is 13.2 Å². The molecule has 1 amide bonds. The van der Waals surface area contributed by atoms with Crippen LogP contribution in [-0.4, -0.2) is 30.3 Å². The van der Waals surface area contributed by atoms with E-state index in [0.717, 1.165) is 32.5 Å². The summed E-state index contributed by atoms with van der Waals surface area (Å²) in [5.41, 5.74) is 0.272. The van der Waals surface area contributed by atoms with Crippen molar-refractivity contribution in [3.05, 3.63) is 18.0 Å². The summed E-state index contributed by atoms with van der Waals surface area (Å²) in [6, 6.07) is 1.86. The van der Waals surface area contributed by atoms with E-state index in [9.17, 15) is 4.79 Å². The Morgan fingerprint density at radius 2 is 2.24 bits per heavy atom. The third-order valence-corrected chi connectivity index (χ3v) is 4.13. The predicted molar refractivity (Wildman–Crippen MR) is 59.5 cm³/mol. The number of nitrogens with zero attached hydrogens (tertiary/aromatic N) is 1. The second-order valence-electron chi connectivity index (χ2n) is 4.92. The SMILES string of the molecule is O=C(NC1CCC12CCOCC2)c1ccno1. The summed E-state index contributed by atoms with van der Waals surface area (Å²) < 4.78 is 10.2. The molecule has 1 spiro atoms. The zero-order valence-corrected chi connectivity index (χ0v) is 9.65. The molecule has 2 aliphatic rings. The average Bonchev–Trinajstić information content (AvgIpc) is 2.89. The number of rotatable bonds is 2. The lowest BCUT2D eigenvalue weighted by molar-refractivity contribution is -0.0525. The highest BCUT2D eigenvalue weighted by molar-refractivity contribution is 5.91. The molecule has 1 saturated carbocycles. The molecule has 1 N–H and O–H groups in total. The fourth-order valence-corrected chi connectivity index (χ4v) is 2.86. The lowest BCUT2D eigenvalue weighted by atomic mass is 9.60. The number of amides is 1.